The van der Waals surface area contributed by atoms with Crippen LogP contribution in [0.2, 0.25) is 10.0 Å². The number of nitrogens with one attached hydrogen (secondary N) is 1. The zero-order valence-electron chi connectivity index (χ0n) is 34.2. The summed E-state index contributed by atoms with van der Waals surface area (Å²) in [5.74, 6) is -0.839. The normalized spacial score (nSPS) is 16.9. The second kappa shape index (κ2) is 17.4. The van der Waals surface area contributed by atoms with Crippen molar-refractivity contribution in [3.63, 3.8) is 0 Å². The molecule has 0 bridgehead atoms. The first-order chi connectivity index (χ1) is 27.2. The molecular weight excluding hydrogens is 795 g/mol. The van der Waals surface area contributed by atoms with Gasteiger partial charge in [-0.15, -0.1) is 0 Å². The van der Waals surface area contributed by atoms with Gasteiger partial charge in [0.05, 0.1) is 25.7 Å². The Labute approximate surface area is 347 Å². The van der Waals surface area contributed by atoms with Crippen LogP contribution in [0.3, 0.4) is 0 Å². The molecule has 3 aromatic rings. The number of aromatic nitrogens is 2. The van der Waals surface area contributed by atoms with E-state index in [1.807, 2.05) is 0 Å². The molecule has 2 aromatic carbocycles. The first-order valence-electron chi connectivity index (χ1n) is 18.7. The van der Waals surface area contributed by atoms with Crippen molar-refractivity contribution in [2.75, 3.05) is 73.5 Å². The minimum absolute atomic E-state index is 0.00999. The first kappa shape index (κ1) is 44.0. The highest BCUT2D eigenvalue weighted by Crippen LogP contribution is 2.47. The summed E-state index contributed by atoms with van der Waals surface area (Å²) in [6.07, 6.45) is 1.12. The molecule has 0 radical (unpaired) electrons. The molecule has 19 heteroatoms. The fourth-order valence-corrected chi connectivity index (χ4v) is 7.63. The fourth-order valence-electron chi connectivity index (χ4n) is 6.96. The smallest absolute Gasteiger partial charge is 0.421 e. The minimum Gasteiger partial charge on any atom is -0.495 e. The number of hydrogen-bond acceptors (Lipinski definition) is 14. The van der Waals surface area contributed by atoms with E-state index in [1.54, 1.807) is 47.6 Å². The van der Waals surface area contributed by atoms with Crippen LogP contribution in [0.5, 0.6) is 11.5 Å². The summed E-state index contributed by atoms with van der Waals surface area (Å²) in [5.41, 5.74) is -1.90. The molecule has 1 unspecified atom stereocenters. The van der Waals surface area contributed by atoms with Crippen molar-refractivity contribution in [3.05, 3.63) is 56.8 Å². The number of nitro groups is 1. The van der Waals surface area contributed by atoms with E-state index >= 15 is 0 Å². The molecule has 1 spiro atoms. The Bertz CT molecular complexity index is 2030. The van der Waals surface area contributed by atoms with Crippen LogP contribution in [0.15, 0.2) is 36.7 Å². The molecule has 58 heavy (non-hydrogen) atoms. The summed E-state index contributed by atoms with van der Waals surface area (Å²) >= 11 is 13.2. The Balaban J connectivity index is 1.48. The lowest BCUT2D eigenvalue weighted by Crippen LogP contribution is -2.44. The maximum atomic E-state index is 14.0. The van der Waals surface area contributed by atoms with Gasteiger partial charge in [-0.25, -0.2) is 29.4 Å². The standard InChI is InChI=1S/C39H50Cl2N8O9/c1-10-45-15-13-39(21-45)14-16-46(22-39)24-11-12-25(26(17-24)49(53)54)47(35(51)57-37(2,3)4)30-19-29(43-23-44-30)42-20-31(50)48(36(52)58-38(5,6)7)34-32(40)27(55-8)18-28(56-9)33(34)41/h11-12,17-19,23H,10,13-16,20-22H2,1-9H3,(H,42,43,44). The van der Waals surface area contributed by atoms with E-state index in [0.29, 0.717) is 10.6 Å². The predicted molar refractivity (Wildman–Crippen MR) is 221 cm³/mol. The number of ether oxygens (including phenoxy) is 4. The molecule has 2 aliphatic heterocycles. The molecule has 2 aliphatic rings. The lowest BCUT2D eigenvalue weighted by atomic mass is 9.86. The van der Waals surface area contributed by atoms with E-state index in [1.165, 1.54) is 38.5 Å². The van der Waals surface area contributed by atoms with Crippen LogP contribution >= 0.6 is 23.2 Å². The molecular formula is C39H50Cl2N8O9. The van der Waals surface area contributed by atoms with E-state index in [9.17, 15) is 24.5 Å². The Morgan fingerprint density at radius 2 is 1.53 bits per heavy atom. The van der Waals surface area contributed by atoms with Gasteiger partial charge in [0.2, 0.25) is 0 Å². The van der Waals surface area contributed by atoms with Gasteiger partial charge in [-0.2, -0.15) is 0 Å². The number of amides is 3. The Morgan fingerprint density at radius 1 is 0.914 bits per heavy atom. The zero-order chi connectivity index (χ0) is 42.7. The summed E-state index contributed by atoms with van der Waals surface area (Å²) in [6.45, 7) is 15.9. The lowest BCUT2D eigenvalue weighted by molar-refractivity contribution is -0.384. The van der Waals surface area contributed by atoms with Crippen LogP contribution in [-0.2, 0) is 14.3 Å². The number of imide groups is 1. The van der Waals surface area contributed by atoms with Gasteiger partial charge in [-0.3, -0.25) is 14.9 Å². The average molecular weight is 846 g/mol. The van der Waals surface area contributed by atoms with Gasteiger partial charge in [0.25, 0.3) is 11.6 Å². The van der Waals surface area contributed by atoms with E-state index < -0.39 is 40.8 Å². The van der Waals surface area contributed by atoms with Gasteiger partial charge < -0.3 is 34.1 Å². The first-order valence-corrected chi connectivity index (χ1v) is 19.5. The topological polar surface area (TPSA) is 182 Å². The minimum atomic E-state index is -1.09. The molecule has 3 amide bonds. The summed E-state index contributed by atoms with van der Waals surface area (Å²) in [6, 6.07) is 7.43. The number of likely N-dealkylation sites (tertiary alicyclic amines) is 1. The highest BCUT2D eigenvalue weighted by atomic mass is 35.5. The molecule has 2 saturated heterocycles. The number of nitro benzene ring substituents is 1. The number of methoxy groups -OCH3 is 2. The highest BCUT2D eigenvalue weighted by Gasteiger charge is 2.44. The van der Waals surface area contributed by atoms with E-state index in [2.05, 4.69) is 32.0 Å². The molecule has 3 heterocycles. The van der Waals surface area contributed by atoms with Crippen LogP contribution in [0.25, 0.3) is 0 Å². The van der Waals surface area contributed by atoms with Gasteiger partial charge in [0, 0.05) is 48.9 Å². The summed E-state index contributed by atoms with van der Waals surface area (Å²) in [7, 11) is 2.68. The molecule has 1 N–H and O–H groups in total. The number of carbonyl (C=O) groups excluding carboxylic acids is 3. The van der Waals surface area contributed by atoms with Gasteiger partial charge in [-0.05, 0) is 79.6 Å². The van der Waals surface area contributed by atoms with Gasteiger partial charge in [-0.1, -0.05) is 30.1 Å². The van der Waals surface area contributed by atoms with E-state index in [4.69, 9.17) is 42.1 Å². The molecule has 314 valence electrons. The average Bonchev–Trinajstić information content (AvgIpc) is 3.76. The number of carbonyl (C=O) groups is 3. The SMILES string of the molecule is CCN1CCC2(CCN(c3ccc(N(C(=O)OC(C)(C)C)c4cc(NCC(=O)N(C(=O)OC(C)(C)C)c5c(Cl)c(OC)cc(OC)c5Cl)ncn4)c([N+](=O)[O-])c3)C2)C1. The third-order valence-electron chi connectivity index (χ3n) is 9.64. The maximum Gasteiger partial charge on any atom is 0.421 e. The summed E-state index contributed by atoms with van der Waals surface area (Å²) < 4.78 is 22.0. The van der Waals surface area contributed by atoms with Crippen LogP contribution < -0.4 is 29.5 Å². The quantitative estimate of drug-likeness (QED) is 0.144. The number of hydrogen-bond donors (Lipinski definition) is 1. The van der Waals surface area contributed by atoms with Crippen molar-refractivity contribution >= 4 is 75.7 Å². The largest absolute Gasteiger partial charge is 0.495 e. The zero-order valence-corrected chi connectivity index (χ0v) is 35.7. The van der Waals surface area contributed by atoms with Crippen molar-refractivity contribution in [1.82, 2.24) is 14.9 Å². The van der Waals surface area contributed by atoms with E-state index in [-0.39, 0.29) is 55.7 Å². The number of anilines is 5. The van der Waals surface area contributed by atoms with Crippen molar-refractivity contribution in [2.24, 2.45) is 5.41 Å². The highest BCUT2D eigenvalue weighted by molar-refractivity contribution is 6.43. The van der Waals surface area contributed by atoms with Gasteiger partial charge in [0.15, 0.2) is 0 Å². The molecule has 1 aromatic heterocycles. The third kappa shape index (κ3) is 9.93. The monoisotopic (exact) mass is 844 g/mol. The van der Waals surface area contributed by atoms with Crippen LogP contribution in [0, 0.1) is 15.5 Å². The number of rotatable bonds is 11. The number of nitrogens with zero attached hydrogens (tertiary/aromatic N) is 7. The van der Waals surface area contributed by atoms with Crippen LogP contribution in [-0.4, -0.2) is 103 Å². The predicted octanol–water partition coefficient (Wildman–Crippen LogP) is 8.08. The van der Waals surface area contributed by atoms with Crippen molar-refractivity contribution < 1.29 is 38.3 Å². The molecule has 0 aliphatic carbocycles. The molecule has 1 atom stereocenters. The maximum absolute atomic E-state index is 14.0. The molecule has 0 saturated carbocycles. The number of halogens is 2. The fraction of sp³-hybridized carbons (Fsp3) is 0.513. The Hall–Kier alpha value is -5.13. The van der Waals surface area contributed by atoms with Gasteiger partial charge in [0.1, 0.15) is 62.1 Å². The van der Waals surface area contributed by atoms with Crippen molar-refractivity contribution in [3.8, 4) is 11.5 Å². The summed E-state index contributed by atoms with van der Waals surface area (Å²) in [5, 5.41) is 15.2. The van der Waals surface area contributed by atoms with Crippen molar-refractivity contribution in [1.29, 1.82) is 0 Å². The van der Waals surface area contributed by atoms with Crippen molar-refractivity contribution in [2.45, 2.75) is 72.5 Å². The Morgan fingerprint density at radius 3 is 2.10 bits per heavy atom. The molecule has 2 fully saturated rings. The van der Waals surface area contributed by atoms with Gasteiger partial charge >= 0.3 is 12.2 Å². The molecule has 17 nitrogen and oxygen atoms in total. The summed E-state index contributed by atoms with van der Waals surface area (Å²) in [4.78, 5) is 68.3. The van der Waals surface area contributed by atoms with Crippen LogP contribution in [0.1, 0.15) is 61.3 Å². The van der Waals surface area contributed by atoms with E-state index in [0.717, 1.165) is 56.8 Å². The third-order valence-corrected chi connectivity index (χ3v) is 10.4. The second-order valence-corrected chi connectivity index (χ2v) is 16.9. The lowest BCUT2D eigenvalue weighted by Gasteiger charge is -2.28. The number of benzene rings is 2. The second-order valence-electron chi connectivity index (χ2n) is 16.1. The Kier molecular flexibility index (Phi) is 13.2. The molecule has 5 rings (SSSR count). The van der Waals surface area contributed by atoms with Crippen LogP contribution in [0.4, 0.5) is 44.0 Å².